The Hall–Kier alpha value is -2.84. The van der Waals surface area contributed by atoms with Crippen molar-refractivity contribution in [2.75, 3.05) is 5.32 Å². The fraction of sp³-hybridized carbons (Fsp3) is 0.105. The number of hydrogen-bond donors (Lipinski definition) is 2. The van der Waals surface area contributed by atoms with Gasteiger partial charge >= 0.3 is 5.97 Å². The van der Waals surface area contributed by atoms with Gasteiger partial charge in [0.1, 0.15) is 12.4 Å². The van der Waals surface area contributed by atoms with Crippen LogP contribution in [0.5, 0.6) is 5.75 Å². The molecule has 1 amide bonds. The molecule has 0 saturated heterocycles. The van der Waals surface area contributed by atoms with E-state index in [9.17, 15) is 14.7 Å². The molecule has 3 rings (SSSR count). The lowest BCUT2D eigenvalue weighted by molar-refractivity contribution is 0.0686. The molecule has 2 N–H and O–H groups in total. The average Bonchev–Trinajstić information content (AvgIpc) is 3.01. The molecule has 0 unspecified atom stereocenters. The summed E-state index contributed by atoms with van der Waals surface area (Å²) in [4.78, 5) is 23.6. The van der Waals surface area contributed by atoms with E-state index >= 15 is 0 Å². The third kappa shape index (κ3) is 4.52. The van der Waals surface area contributed by atoms with Crippen LogP contribution in [-0.4, -0.2) is 26.8 Å². The monoisotopic (exact) mass is 463 g/mol. The number of carboxylic acid groups (broad SMARTS) is 1. The molecule has 1 heterocycles. The summed E-state index contributed by atoms with van der Waals surface area (Å²) in [5, 5.41) is 16.1. The number of nitrogens with zero attached hydrogens (tertiary/aromatic N) is 2. The number of rotatable bonds is 6. The molecule has 0 spiro atoms. The summed E-state index contributed by atoms with van der Waals surface area (Å²) in [5.41, 5.74) is 1.27. The summed E-state index contributed by atoms with van der Waals surface area (Å²) >= 11 is 9.46. The SMILES string of the molecule is Cn1ncc(NC(=O)c2ccc(COc3ccc(Br)cc3Cl)cc2)c1C(=O)O. The molecule has 2 aromatic carbocycles. The smallest absolute Gasteiger partial charge is 0.356 e. The van der Waals surface area contributed by atoms with E-state index in [4.69, 9.17) is 16.3 Å². The number of benzene rings is 2. The number of nitrogens with one attached hydrogen (secondary N) is 1. The van der Waals surface area contributed by atoms with Crippen molar-refractivity contribution in [3.05, 3.63) is 75.0 Å². The van der Waals surface area contributed by atoms with Crippen molar-refractivity contribution in [3.8, 4) is 5.75 Å². The first kappa shape index (κ1) is 19.9. The number of carbonyl (C=O) groups is 2. The van der Waals surface area contributed by atoms with Gasteiger partial charge in [-0.15, -0.1) is 0 Å². The maximum atomic E-state index is 12.4. The zero-order valence-corrected chi connectivity index (χ0v) is 17.0. The van der Waals surface area contributed by atoms with Crippen molar-refractivity contribution < 1.29 is 19.4 Å². The molecule has 0 aliphatic rings. The topological polar surface area (TPSA) is 93.5 Å². The van der Waals surface area contributed by atoms with Crippen molar-refractivity contribution in [1.29, 1.82) is 0 Å². The molecule has 0 aliphatic heterocycles. The number of hydrogen-bond acceptors (Lipinski definition) is 4. The molecule has 9 heteroatoms. The van der Waals surface area contributed by atoms with E-state index < -0.39 is 11.9 Å². The minimum absolute atomic E-state index is 0.0928. The van der Waals surface area contributed by atoms with Crippen LogP contribution in [0.25, 0.3) is 0 Å². The quantitative estimate of drug-likeness (QED) is 0.565. The van der Waals surface area contributed by atoms with Crippen LogP contribution in [0.1, 0.15) is 26.4 Å². The van der Waals surface area contributed by atoms with Gasteiger partial charge in [0.05, 0.1) is 16.9 Å². The van der Waals surface area contributed by atoms with Gasteiger partial charge in [-0.25, -0.2) is 4.79 Å². The summed E-state index contributed by atoms with van der Waals surface area (Å²) in [6, 6.07) is 12.1. The molecule has 28 heavy (non-hydrogen) atoms. The number of carbonyl (C=O) groups excluding carboxylic acids is 1. The number of aryl methyl sites for hydroxylation is 1. The van der Waals surface area contributed by atoms with Crippen molar-refractivity contribution in [3.63, 3.8) is 0 Å². The van der Waals surface area contributed by atoms with E-state index in [1.165, 1.54) is 17.9 Å². The summed E-state index contributed by atoms with van der Waals surface area (Å²) in [5.74, 6) is -1.04. The van der Waals surface area contributed by atoms with Gasteiger partial charge in [0, 0.05) is 17.1 Å². The summed E-state index contributed by atoms with van der Waals surface area (Å²) < 4.78 is 7.74. The van der Waals surface area contributed by atoms with Crippen LogP contribution in [0, 0.1) is 0 Å². The lowest BCUT2D eigenvalue weighted by atomic mass is 10.1. The number of anilines is 1. The maximum absolute atomic E-state index is 12.4. The van der Waals surface area contributed by atoms with Gasteiger partial charge in [0.15, 0.2) is 5.69 Å². The van der Waals surface area contributed by atoms with Crippen molar-refractivity contribution in [2.24, 2.45) is 7.05 Å². The highest BCUT2D eigenvalue weighted by Crippen LogP contribution is 2.28. The molecule has 0 bridgehead atoms. The Morgan fingerprint density at radius 3 is 2.61 bits per heavy atom. The molecule has 0 fully saturated rings. The highest BCUT2D eigenvalue weighted by Gasteiger charge is 2.18. The van der Waals surface area contributed by atoms with Crippen LogP contribution >= 0.6 is 27.5 Å². The second-order valence-electron chi connectivity index (χ2n) is 5.85. The average molecular weight is 465 g/mol. The van der Waals surface area contributed by atoms with Crippen LogP contribution in [0.4, 0.5) is 5.69 Å². The third-order valence-corrected chi connectivity index (χ3v) is 4.68. The Labute approximate surface area is 174 Å². The number of aromatic carboxylic acids is 1. The molecule has 0 atom stereocenters. The molecule has 0 aliphatic carbocycles. The fourth-order valence-corrected chi connectivity index (χ4v) is 3.21. The van der Waals surface area contributed by atoms with Gasteiger partial charge in [-0.3, -0.25) is 9.48 Å². The zero-order valence-electron chi connectivity index (χ0n) is 14.6. The van der Waals surface area contributed by atoms with Crippen LogP contribution in [0.3, 0.4) is 0 Å². The molecule has 0 radical (unpaired) electrons. The second kappa shape index (κ2) is 8.45. The Morgan fingerprint density at radius 2 is 1.96 bits per heavy atom. The predicted octanol–water partition coefficient (Wildman–Crippen LogP) is 4.37. The van der Waals surface area contributed by atoms with E-state index in [0.29, 0.717) is 16.3 Å². The zero-order chi connectivity index (χ0) is 20.3. The highest BCUT2D eigenvalue weighted by atomic mass is 79.9. The minimum Gasteiger partial charge on any atom is -0.487 e. The van der Waals surface area contributed by atoms with Crippen LogP contribution in [-0.2, 0) is 13.7 Å². The van der Waals surface area contributed by atoms with Crippen molar-refractivity contribution >= 4 is 45.1 Å². The lowest BCUT2D eigenvalue weighted by Gasteiger charge is -2.09. The van der Waals surface area contributed by atoms with Gasteiger partial charge in [0.2, 0.25) is 0 Å². The predicted molar refractivity (Wildman–Crippen MR) is 108 cm³/mol. The van der Waals surface area contributed by atoms with Crippen molar-refractivity contribution in [2.45, 2.75) is 6.61 Å². The first-order chi connectivity index (χ1) is 13.3. The normalized spacial score (nSPS) is 10.5. The first-order valence-corrected chi connectivity index (χ1v) is 9.25. The molecule has 7 nitrogen and oxygen atoms in total. The number of carboxylic acids is 1. The molecule has 1 aromatic heterocycles. The molecular formula is C19H15BrClN3O4. The van der Waals surface area contributed by atoms with Crippen molar-refractivity contribution in [1.82, 2.24) is 9.78 Å². The molecule has 144 valence electrons. The minimum atomic E-state index is -1.17. The highest BCUT2D eigenvalue weighted by molar-refractivity contribution is 9.10. The largest absolute Gasteiger partial charge is 0.487 e. The second-order valence-corrected chi connectivity index (χ2v) is 7.17. The van der Waals surface area contributed by atoms with E-state index in [1.54, 1.807) is 36.4 Å². The number of aromatic nitrogens is 2. The fourth-order valence-electron chi connectivity index (χ4n) is 2.48. The number of halogens is 2. The Morgan fingerprint density at radius 1 is 1.25 bits per heavy atom. The van der Waals surface area contributed by atoms with Gasteiger partial charge in [0.25, 0.3) is 5.91 Å². The van der Waals surface area contributed by atoms with Gasteiger partial charge in [-0.2, -0.15) is 5.10 Å². The van der Waals surface area contributed by atoms with E-state index in [-0.39, 0.29) is 18.0 Å². The standard InChI is InChI=1S/C19H15BrClN3O4/c1-24-17(19(26)27)15(9-22-24)23-18(25)12-4-2-11(3-5-12)10-28-16-7-6-13(20)8-14(16)21/h2-9H,10H2,1H3,(H,23,25)(H,26,27). The molecule has 0 saturated carbocycles. The summed E-state index contributed by atoms with van der Waals surface area (Å²) in [7, 11) is 1.49. The summed E-state index contributed by atoms with van der Waals surface area (Å²) in [6.07, 6.45) is 1.30. The van der Waals surface area contributed by atoms with Crippen LogP contribution in [0.2, 0.25) is 5.02 Å². The van der Waals surface area contributed by atoms with Crippen LogP contribution < -0.4 is 10.1 Å². The Bertz CT molecular complexity index is 1030. The maximum Gasteiger partial charge on any atom is 0.356 e. The number of amides is 1. The molecular weight excluding hydrogens is 450 g/mol. The first-order valence-electron chi connectivity index (χ1n) is 8.08. The van der Waals surface area contributed by atoms with Gasteiger partial charge < -0.3 is 15.2 Å². The Kier molecular flexibility index (Phi) is 6.01. The van der Waals surface area contributed by atoms with E-state index in [0.717, 1.165) is 10.0 Å². The van der Waals surface area contributed by atoms with E-state index in [2.05, 4.69) is 26.3 Å². The number of ether oxygens (including phenoxy) is 1. The summed E-state index contributed by atoms with van der Waals surface area (Å²) in [6.45, 7) is 0.287. The van der Waals surface area contributed by atoms with Gasteiger partial charge in [-0.1, -0.05) is 39.7 Å². The third-order valence-electron chi connectivity index (χ3n) is 3.89. The lowest BCUT2D eigenvalue weighted by Crippen LogP contribution is -2.15. The van der Waals surface area contributed by atoms with E-state index in [1.807, 2.05) is 6.07 Å². The van der Waals surface area contributed by atoms with Gasteiger partial charge in [-0.05, 0) is 35.9 Å². The Balaban J connectivity index is 1.65. The molecule has 3 aromatic rings. The van der Waals surface area contributed by atoms with Crippen LogP contribution in [0.15, 0.2) is 53.1 Å².